The van der Waals surface area contributed by atoms with Gasteiger partial charge in [-0.3, -0.25) is 14.2 Å². The van der Waals surface area contributed by atoms with E-state index in [0.717, 1.165) is 31.5 Å². The highest BCUT2D eigenvalue weighted by Crippen LogP contribution is 2.39. The quantitative estimate of drug-likeness (QED) is 0.207. The molecule has 4 heterocycles. The Bertz CT molecular complexity index is 1810. The fourth-order valence-corrected chi connectivity index (χ4v) is 4.54. The van der Waals surface area contributed by atoms with E-state index in [2.05, 4.69) is 20.1 Å². The van der Waals surface area contributed by atoms with E-state index in [1.54, 1.807) is 12.0 Å². The lowest BCUT2D eigenvalue weighted by Crippen LogP contribution is -2.59. The molecule has 1 aromatic carbocycles. The first kappa shape index (κ1) is 33.3. The van der Waals surface area contributed by atoms with Crippen molar-refractivity contribution in [3.63, 3.8) is 0 Å². The summed E-state index contributed by atoms with van der Waals surface area (Å²) >= 11 is 0. The number of aliphatic hydroxyl groups is 1. The van der Waals surface area contributed by atoms with Gasteiger partial charge in [-0.15, -0.1) is 0 Å². The highest BCUT2D eigenvalue weighted by atomic mass is 19.4. The number of unbranched alkanes of at least 4 members (excludes halogenated alkanes) is 2. The maximum atomic E-state index is 15.0. The molecule has 18 heteroatoms. The molecule has 11 nitrogen and oxygen atoms in total. The average molecular weight is 645 g/mol. The average Bonchev–Trinajstić information content (AvgIpc) is 2.96. The molecule has 1 fully saturated rings. The van der Waals surface area contributed by atoms with Gasteiger partial charge in [-0.05, 0) is 25.5 Å². The van der Waals surface area contributed by atoms with Crippen LogP contribution < -0.4 is 21.8 Å². The molecule has 4 N–H and O–H groups in total. The lowest BCUT2D eigenvalue weighted by Gasteiger charge is -2.45. The van der Waals surface area contributed by atoms with Crippen LogP contribution in [0.25, 0.3) is 22.3 Å². The first-order chi connectivity index (χ1) is 21.0. The van der Waals surface area contributed by atoms with Crippen molar-refractivity contribution in [3.8, 4) is 11.4 Å². The first-order valence-corrected chi connectivity index (χ1v) is 13.5. The van der Waals surface area contributed by atoms with Gasteiger partial charge in [-0.1, -0.05) is 19.8 Å². The molecule has 0 saturated carbocycles. The fraction of sp³-hybridized carbons (Fsp3) is 0.407. The number of halogens is 7. The Morgan fingerprint density at radius 2 is 1.78 bits per heavy atom. The molecule has 0 radical (unpaired) electrons. The number of fused-ring (bicyclic) bond motifs is 1. The summed E-state index contributed by atoms with van der Waals surface area (Å²) in [6.45, 7) is 4.05. The van der Waals surface area contributed by atoms with Gasteiger partial charge in [0.1, 0.15) is 22.8 Å². The molecule has 242 valence electrons. The van der Waals surface area contributed by atoms with E-state index in [4.69, 9.17) is 5.73 Å². The van der Waals surface area contributed by atoms with Crippen molar-refractivity contribution in [2.45, 2.75) is 64.2 Å². The van der Waals surface area contributed by atoms with Crippen LogP contribution >= 0.6 is 0 Å². The summed E-state index contributed by atoms with van der Waals surface area (Å²) in [6.07, 6.45) is -4.80. The zero-order valence-electron chi connectivity index (χ0n) is 23.7. The van der Waals surface area contributed by atoms with Gasteiger partial charge in [0.05, 0.1) is 46.8 Å². The van der Waals surface area contributed by atoms with E-state index in [1.165, 1.54) is 21.9 Å². The maximum Gasteiger partial charge on any atom is 0.423 e. The number of benzene rings is 1. The first-order valence-electron chi connectivity index (χ1n) is 13.5. The van der Waals surface area contributed by atoms with Gasteiger partial charge in [0, 0.05) is 19.3 Å². The maximum absolute atomic E-state index is 15.0. The number of H-pyrrole nitrogens is 1. The van der Waals surface area contributed by atoms with E-state index in [0.29, 0.717) is 12.7 Å². The Morgan fingerprint density at radius 1 is 1.07 bits per heavy atom. The molecule has 3 aromatic heterocycles. The molecular formula is C27H27F7N8O3. The summed E-state index contributed by atoms with van der Waals surface area (Å²) in [5, 5.41) is 14.5. The molecule has 45 heavy (non-hydrogen) atoms. The predicted molar refractivity (Wildman–Crippen MR) is 149 cm³/mol. The number of aromatic amines is 1. The largest absolute Gasteiger partial charge is 0.423 e. The number of hydrogen-bond donors (Lipinski definition) is 3. The number of aryl methyl sites for hydroxylation is 1. The van der Waals surface area contributed by atoms with Crippen LogP contribution in [-0.2, 0) is 18.9 Å². The van der Waals surface area contributed by atoms with Gasteiger partial charge in [-0.2, -0.15) is 31.4 Å². The van der Waals surface area contributed by atoms with E-state index in [-0.39, 0.29) is 34.4 Å². The number of nitrogen functional groups attached to an aromatic ring is 1. The van der Waals surface area contributed by atoms with Crippen molar-refractivity contribution in [2.75, 3.05) is 17.2 Å². The molecule has 1 aliphatic heterocycles. The van der Waals surface area contributed by atoms with Crippen LogP contribution in [0.1, 0.15) is 44.2 Å². The minimum Gasteiger partial charge on any atom is -0.397 e. The van der Waals surface area contributed by atoms with Gasteiger partial charge < -0.3 is 15.7 Å². The van der Waals surface area contributed by atoms with Crippen molar-refractivity contribution >= 4 is 22.4 Å². The van der Waals surface area contributed by atoms with Crippen LogP contribution in [0.3, 0.4) is 0 Å². The number of rotatable bonds is 6. The minimum atomic E-state index is -4.74. The van der Waals surface area contributed by atoms with Crippen LogP contribution in [0.15, 0.2) is 40.4 Å². The van der Waals surface area contributed by atoms with Gasteiger partial charge in [-0.25, -0.2) is 24.4 Å². The van der Waals surface area contributed by atoms with Crippen LogP contribution in [0.5, 0.6) is 0 Å². The molecule has 2 unspecified atom stereocenters. The number of anilines is 2. The Balaban J connectivity index is 0.000000323. The highest BCUT2D eigenvalue weighted by Gasteiger charge is 2.43. The Morgan fingerprint density at radius 3 is 2.33 bits per heavy atom. The number of β-amino-alcohol motifs (C(OH)–C–C–N with tert-alkyl or cyclic N) is 1. The second-order valence-corrected chi connectivity index (χ2v) is 10.2. The number of nitrogens with one attached hydrogen (secondary N) is 1. The summed E-state index contributed by atoms with van der Waals surface area (Å²) in [7, 11) is 0. The fourth-order valence-electron chi connectivity index (χ4n) is 4.54. The summed E-state index contributed by atoms with van der Waals surface area (Å²) in [5.74, 6) is -1.53. The van der Waals surface area contributed by atoms with Crippen LogP contribution in [0.4, 0.5) is 42.2 Å². The zero-order chi connectivity index (χ0) is 33.3. The van der Waals surface area contributed by atoms with E-state index in [1.807, 2.05) is 6.92 Å². The standard InChI is InChI=1S/C22H23F4N5O2.C5H4F3N3O/c1-3-4-5-6-30-11-28-17-8-13(16(23)7-14(17)21(30)33)19-27-9-15(22(24,25)26)20(29-19)31-10-18(32)12(31)2;6-5(7,8)3-2(9)1-10-11-4(3)12/h7-9,11-12,18,32H,3-6,10H2,1-2H3;1H,(H3,9,11,12). The predicted octanol–water partition coefficient (Wildman–Crippen LogP) is 4.14. The molecule has 5 rings (SSSR count). The molecule has 1 saturated heterocycles. The van der Waals surface area contributed by atoms with Gasteiger partial charge in [0.25, 0.3) is 11.1 Å². The number of aliphatic hydroxyl groups excluding tert-OH is 1. The van der Waals surface area contributed by atoms with Crippen molar-refractivity contribution < 1.29 is 35.8 Å². The smallest absolute Gasteiger partial charge is 0.397 e. The van der Waals surface area contributed by atoms with Crippen LogP contribution in [-0.4, -0.2) is 53.5 Å². The van der Waals surface area contributed by atoms with Crippen LogP contribution in [0.2, 0.25) is 0 Å². The normalized spacial score (nSPS) is 16.7. The molecule has 0 spiro atoms. The Labute approximate surface area is 249 Å². The van der Waals surface area contributed by atoms with Crippen molar-refractivity contribution in [1.82, 2.24) is 29.7 Å². The minimum absolute atomic E-state index is 0.0277. The second kappa shape index (κ2) is 12.8. The molecule has 0 bridgehead atoms. The third-order valence-electron chi connectivity index (χ3n) is 7.10. The topological polar surface area (TPSA) is 156 Å². The van der Waals surface area contributed by atoms with Gasteiger partial charge in [0.15, 0.2) is 5.82 Å². The lowest BCUT2D eigenvalue weighted by molar-refractivity contribution is -0.138. The van der Waals surface area contributed by atoms with Crippen molar-refractivity contribution in [3.05, 3.63) is 68.5 Å². The van der Waals surface area contributed by atoms with Crippen molar-refractivity contribution in [2.24, 2.45) is 0 Å². The molecule has 4 aromatic rings. The highest BCUT2D eigenvalue weighted by molar-refractivity contribution is 5.82. The molecular weight excluding hydrogens is 617 g/mol. The van der Waals surface area contributed by atoms with Gasteiger partial charge >= 0.3 is 12.4 Å². The van der Waals surface area contributed by atoms with Gasteiger partial charge in [0.2, 0.25) is 0 Å². The number of nitrogens with zero attached hydrogens (tertiary/aromatic N) is 6. The number of aromatic nitrogens is 6. The second-order valence-electron chi connectivity index (χ2n) is 10.2. The lowest BCUT2D eigenvalue weighted by atomic mass is 10.0. The zero-order valence-corrected chi connectivity index (χ0v) is 23.7. The Hall–Kier alpha value is -4.61. The molecule has 0 amide bonds. The number of alkyl halides is 6. The third kappa shape index (κ3) is 7.05. The summed E-state index contributed by atoms with van der Waals surface area (Å²) in [4.78, 5) is 36.6. The number of hydrogen-bond acceptors (Lipinski definition) is 9. The van der Waals surface area contributed by atoms with E-state index in [9.17, 15) is 45.4 Å². The molecule has 2 atom stereocenters. The summed E-state index contributed by atoms with van der Waals surface area (Å²) < 4.78 is 92.9. The third-order valence-corrected chi connectivity index (χ3v) is 7.10. The Kier molecular flexibility index (Phi) is 9.46. The number of nitrogens with two attached hydrogens (primary N) is 1. The van der Waals surface area contributed by atoms with E-state index >= 15 is 0 Å². The summed E-state index contributed by atoms with van der Waals surface area (Å²) in [6, 6.07) is 1.71. The monoisotopic (exact) mass is 644 g/mol. The molecule has 0 aliphatic carbocycles. The van der Waals surface area contributed by atoms with Crippen LogP contribution in [0, 0.1) is 5.82 Å². The SMILES string of the molecule is CCCCCn1cnc2cc(-c3ncc(C(F)(F)F)c(N4CC(O)C4C)n3)c(F)cc2c1=O.Nc1cn[nH]c(=O)c1C(F)(F)F. The summed E-state index contributed by atoms with van der Waals surface area (Å²) in [5.41, 5.74) is 0.0645. The van der Waals surface area contributed by atoms with Crippen molar-refractivity contribution in [1.29, 1.82) is 0 Å². The molecule has 1 aliphatic rings. The van der Waals surface area contributed by atoms with E-state index < -0.39 is 58.5 Å².